The van der Waals surface area contributed by atoms with Crippen LogP contribution in [-0.2, 0) is 0 Å². The van der Waals surface area contributed by atoms with Gasteiger partial charge in [-0.2, -0.15) is 0 Å². The number of nitrogens with one attached hydrogen (secondary N) is 1. The number of ether oxygens (including phenoxy) is 2. The second-order valence-corrected chi connectivity index (χ2v) is 5.38. The Labute approximate surface area is 134 Å². The Balaban J connectivity index is 2.33. The summed E-state index contributed by atoms with van der Waals surface area (Å²) in [5, 5.41) is 4.48. The van der Waals surface area contributed by atoms with E-state index in [4.69, 9.17) is 9.47 Å². The summed E-state index contributed by atoms with van der Waals surface area (Å²) in [6.45, 7) is 0.940. The van der Waals surface area contributed by atoms with Gasteiger partial charge < -0.3 is 14.8 Å². The summed E-state index contributed by atoms with van der Waals surface area (Å²) >= 11 is 3.45. The van der Waals surface area contributed by atoms with E-state index in [0.717, 1.165) is 46.6 Å². The zero-order valence-corrected chi connectivity index (χ0v) is 13.9. The maximum Gasteiger partial charge on any atom is 0.161 e. The Morgan fingerprint density at radius 1 is 1.00 bits per heavy atom. The smallest absolute Gasteiger partial charge is 0.161 e. The molecule has 0 atom stereocenters. The highest BCUT2D eigenvalue weighted by Gasteiger charge is 2.09. The van der Waals surface area contributed by atoms with Crippen LogP contribution in [0.3, 0.4) is 0 Å². The van der Waals surface area contributed by atoms with Crippen molar-refractivity contribution in [2.45, 2.75) is 6.42 Å². The van der Waals surface area contributed by atoms with Crippen molar-refractivity contribution >= 4 is 21.6 Å². The van der Waals surface area contributed by atoms with E-state index in [0.29, 0.717) is 0 Å². The first-order valence-corrected chi connectivity index (χ1v) is 8.03. The molecule has 0 aliphatic heterocycles. The molecule has 21 heavy (non-hydrogen) atoms. The first-order chi connectivity index (χ1) is 10.3. The summed E-state index contributed by atoms with van der Waals surface area (Å²) < 4.78 is 10.7. The van der Waals surface area contributed by atoms with E-state index in [1.807, 2.05) is 30.3 Å². The number of para-hydroxylation sites is 1. The molecule has 2 aromatic rings. The summed E-state index contributed by atoms with van der Waals surface area (Å²) in [6.07, 6.45) is 1.08. The molecular weight excluding hydrogens is 330 g/mol. The Morgan fingerprint density at radius 3 is 2.48 bits per heavy atom. The van der Waals surface area contributed by atoms with Gasteiger partial charge >= 0.3 is 0 Å². The highest BCUT2D eigenvalue weighted by molar-refractivity contribution is 9.09. The van der Waals surface area contributed by atoms with E-state index in [9.17, 15) is 0 Å². The quantitative estimate of drug-likeness (QED) is 0.586. The van der Waals surface area contributed by atoms with Crippen molar-refractivity contribution in [3.05, 3.63) is 42.5 Å². The number of benzene rings is 2. The third kappa shape index (κ3) is 3.91. The average molecular weight is 350 g/mol. The predicted molar refractivity (Wildman–Crippen MR) is 91.9 cm³/mol. The molecule has 0 saturated heterocycles. The number of alkyl halides is 1. The van der Waals surface area contributed by atoms with Gasteiger partial charge in [-0.25, -0.2) is 0 Å². The minimum atomic E-state index is 0.741. The maximum atomic E-state index is 5.39. The van der Waals surface area contributed by atoms with Crippen LogP contribution in [0.1, 0.15) is 6.42 Å². The largest absolute Gasteiger partial charge is 0.493 e. The van der Waals surface area contributed by atoms with E-state index in [1.165, 1.54) is 0 Å². The second-order valence-electron chi connectivity index (χ2n) is 4.58. The van der Waals surface area contributed by atoms with Crippen LogP contribution >= 0.6 is 15.9 Å². The highest BCUT2D eigenvalue weighted by atomic mass is 79.9. The molecule has 3 nitrogen and oxygen atoms in total. The van der Waals surface area contributed by atoms with Crippen LogP contribution in [0.25, 0.3) is 11.1 Å². The SMILES string of the molecule is COc1ccc(-c2ccccc2NCCCBr)cc1OC. The molecule has 0 heterocycles. The lowest BCUT2D eigenvalue weighted by Crippen LogP contribution is -2.03. The van der Waals surface area contributed by atoms with Gasteiger partial charge in [-0.05, 0) is 30.2 Å². The third-order valence-electron chi connectivity index (χ3n) is 3.25. The minimum absolute atomic E-state index is 0.741. The molecule has 2 rings (SSSR count). The number of methoxy groups -OCH3 is 2. The Morgan fingerprint density at radius 2 is 1.76 bits per heavy atom. The van der Waals surface area contributed by atoms with Crippen molar-refractivity contribution in [1.82, 2.24) is 0 Å². The molecule has 0 fully saturated rings. The van der Waals surface area contributed by atoms with E-state index >= 15 is 0 Å². The van der Waals surface area contributed by atoms with Crippen LogP contribution in [-0.4, -0.2) is 26.1 Å². The molecule has 0 radical (unpaired) electrons. The van der Waals surface area contributed by atoms with Gasteiger partial charge in [-0.15, -0.1) is 0 Å². The first kappa shape index (κ1) is 15.7. The summed E-state index contributed by atoms with van der Waals surface area (Å²) in [6, 6.07) is 14.3. The molecule has 0 bridgehead atoms. The lowest BCUT2D eigenvalue weighted by Gasteiger charge is -2.14. The number of halogens is 1. The molecule has 0 aromatic heterocycles. The molecule has 0 amide bonds. The van der Waals surface area contributed by atoms with Gasteiger partial charge in [0, 0.05) is 23.1 Å². The van der Waals surface area contributed by atoms with Crippen LogP contribution in [0, 0.1) is 0 Å². The van der Waals surface area contributed by atoms with Crippen LogP contribution in [0.2, 0.25) is 0 Å². The predicted octanol–water partition coefficient (Wildman–Crippen LogP) is 4.57. The molecule has 112 valence electrons. The fourth-order valence-corrected chi connectivity index (χ4v) is 2.46. The van der Waals surface area contributed by atoms with E-state index in [-0.39, 0.29) is 0 Å². The van der Waals surface area contributed by atoms with Crippen LogP contribution in [0.4, 0.5) is 5.69 Å². The van der Waals surface area contributed by atoms with E-state index in [1.54, 1.807) is 14.2 Å². The fraction of sp³-hybridized carbons (Fsp3) is 0.294. The highest BCUT2D eigenvalue weighted by Crippen LogP contribution is 2.35. The van der Waals surface area contributed by atoms with Gasteiger partial charge in [0.2, 0.25) is 0 Å². The Kier molecular flexibility index (Phi) is 5.93. The zero-order chi connectivity index (χ0) is 15.1. The molecule has 0 spiro atoms. The topological polar surface area (TPSA) is 30.5 Å². The average Bonchev–Trinajstić information content (AvgIpc) is 2.55. The first-order valence-electron chi connectivity index (χ1n) is 6.91. The van der Waals surface area contributed by atoms with Gasteiger partial charge in [0.15, 0.2) is 11.5 Å². The lowest BCUT2D eigenvalue weighted by atomic mass is 10.0. The number of rotatable bonds is 7. The molecule has 0 aliphatic rings. The Bertz CT molecular complexity index is 587. The molecule has 4 heteroatoms. The third-order valence-corrected chi connectivity index (χ3v) is 3.81. The van der Waals surface area contributed by atoms with Crippen molar-refractivity contribution in [2.24, 2.45) is 0 Å². The Hall–Kier alpha value is -1.68. The molecule has 0 aliphatic carbocycles. The molecular formula is C17H20BrNO2. The van der Waals surface area contributed by atoms with Crippen molar-refractivity contribution < 1.29 is 9.47 Å². The normalized spacial score (nSPS) is 10.2. The van der Waals surface area contributed by atoms with E-state index < -0.39 is 0 Å². The summed E-state index contributed by atoms with van der Waals surface area (Å²) in [5.74, 6) is 1.48. The maximum absolute atomic E-state index is 5.39. The molecule has 2 aromatic carbocycles. The molecule has 0 unspecified atom stereocenters. The second kappa shape index (κ2) is 7.93. The monoisotopic (exact) mass is 349 g/mol. The molecule has 1 N–H and O–H groups in total. The van der Waals surface area contributed by atoms with Gasteiger partial charge in [0.25, 0.3) is 0 Å². The van der Waals surface area contributed by atoms with Gasteiger partial charge in [0.05, 0.1) is 14.2 Å². The summed E-state index contributed by atoms with van der Waals surface area (Å²) in [4.78, 5) is 0. The zero-order valence-electron chi connectivity index (χ0n) is 12.4. The van der Waals surface area contributed by atoms with Gasteiger partial charge in [-0.1, -0.05) is 40.2 Å². The molecule has 0 saturated carbocycles. The van der Waals surface area contributed by atoms with Crippen LogP contribution in [0.5, 0.6) is 11.5 Å². The summed E-state index contributed by atoms with van der Waals surface area (Å²) in [7, 11) is 3.30. The fourth-order valence-electron chi connectivity index (χ4n) is 2.18. The van der Waals surface area contributed by atoms with Crippen molar-refractivity contribution in [3.63, 3.8) is 0 Å². The van der Waals surface area contributed by atoms with Crippen LogP contribution < -0.4 is 14.8 Å². The van der Waals surface area contributed by atoms with Crippen molar-refractivity contribution in [3.8, 4) is 22.6 Å². The standard InChI is InChI=1S/C17H20BrNO2/c1-20-16-9-8-13(12-17(16)21-2)14-6-3-4-7-15(14)19-11-5-10-18/h3-4,6-9,12,19H,5,10-11H2,1-2H3. The summed E-state index contributed by atoms with van der Waals surface area (Å²) in [5.41, 5.74) is 3.40. The number of hydrogen-bond acceptors (Lipinski definition) is 3. The van der Waals surface area contributed by atoms with Crippen molar-refractivity contribution in [1.29, 1.82) is 0 Å². The number of anilines is 1. The van der Waals surface area contributed by atoms with E-state index in [2.05, 4.69) is 33.4 Å². The van der Waals surface area contributed by atoms with Gasteiger partial charge in [-0.3, -0.25) is 0 Å². The van der Waals surface area contributed by atoms with Crippen LogP contribution in [0.15, 0.2) is 42.5 Å². The number of hydrogen-bond donors (Lipinski definition) is 1. The minimum Gasteiger partial charge on any atom is -0.493 e. The lowest BCUT2D eigenvalue weighted by molar-refractivity contribution is 0.355. The van der Waals surface area contributed by atoms with Crippen molar-refractivity contribution in [2.75, 3.05) is 31.4 Å². The van der Waals surface area contributed by atoms with Gasteiger partial charge in [0.1, 0.15) is 0 Å².